The van der Waals surface area contributed by atoms with Gasteiger partial charge in [0, 0.05) is 29.9 Å². The summed E-state index contributed by atoms with van der Waals surface area (Å²) in [5, 5.41) is 12.6. The van der Waals surface area contributed by atoms with Crippen molar-refractivity contribution in [2.24, 2.45) is 0 Å². The number of hydrogen-bond acceptors (Lipinski definition) is 7. The first kappa shape index (κ1) is 22.7. The van der Waals surface area contributed by atoms with E-state index >= 15 is 0 Å². The highest BCUT2D eigenvalue weighted by Gasteiger charge is 2.40. The van der Waals surface area contributed by atoms with Crippen molar-refractivity contribution in [3.63, 3.8) is 0 Å². The number of anilines is 2. The van der Waals surface area contributed by atoms with Gasteiger partial charge in [0.05, 0.1) is 6.20 Å². The van der Waals surface area contributed by atoms with Crippen molar-refractivity contribution in [2.75, 3.05) is 11.9 Å². The Morgan fingerprint density at radius 1 is 1.36 bits per heavy atom. The summed E-state index contributed by atoms with van der Waals surface area (Å²) in [4.78, 5) is 20.1. The lowest BCUT2D eigenvalue weighted by molar-refractivity contribution is 0.0555. The molecule has 3 atom stereocenters. The molecule has 0 unspecified atom stereocenters. The number of ether oxygens (including phenoxy) is 2. The van der Waals surface area contributed by atoms with Crippen LogP contribution in [0.25, 0.3) is 5.65 Å². The molecule has 3 aromatic rings. The van der Waals surface area contributed by atoms with Crippen LogP contribution in [0.5, 0.6) is 5.88 Å². The molecule has 33 heavy (non-hydrogen) atoms. The molecule has 1 aliphatic rings. The minimum atomic E-state index is -2.61. The van der Waals surface area contributed by atoms with E-state index in [-0.39, 0.29) is 11.9 Å². The molecule has 3 N–H and O–H groups in total. The van der Waals surface area contributed by atoms with Crippen LogP contribution in [-0.4, -0.2) is 62.0 Å². The number of H-pyrrole nitrogens is 1. The summed E-state index contributed by atoms with van der Waals surface area (Å²) in [5.74, 6) is 0.228. The van der Waals surface area contributed by atoms with Crippen molar-refractivity contribution < 1.29 is 27.4 Å². The van der Waals surface area contributed by atoms with Crippen LogP contribution in [0.2, 0.25) is 0 Å². The lowest BCUT2D eigenvalue weighted by Gasteiger charge is -2.18. The normalized spacial score (nSPS) is 20.5. The molecule has 0 aromatic carbocycles. The first-order chi connectivity index (χ1) is 15.8. The maximum absolute atomic E-state index is 14.9. The van der Waals surface area contributed by atoms with E-state index in [9.17, 15) is 18.0 Å². The molecule has 1 saturated carbocycles. The van der Waals surface area contributed by atoms with Gasteiger partial charge in [-0.1, -0.05) is 0 Å². The van der Waals surface area contributed by atoms with Gasteiger partial charge in [0.1, 0.15) is 17.9 Å². The Labute approximate surface area is 186 Å². The minimum absolute atomic E-state index is 0.0350. The van der Waals surface area contributed by atoms with Crippen molar-refractivity contribution in [1.82, 2.24) is 29.9 Å². The number of aromatic nitrogens is 5. The van der Waals surface area contributed by atoms with E-state index in [0.717, 1.165) is 0 Å². The molecule has 0 radical (unpaired) electrons. The second-order valence-corrected chi connectivity index (χ2v) is 7.98. The summed E-state index contributed by atoms with van der Waals surface area (Å²) in [5.41, 5.74) is 0.992. The van der Waals surface area contributed by atoms with E-state index in [4.69, 9.17) is 9.47 Å². The Hall–Kier alpha value is -3.51. The zero-order valence-corrected chi connectivity index (χ0v) is 18.0. The van der Waals surface area contributed by atoms with Crippen LogP contribution in [0.4, 0.5) is 29.7 Å². The first-order valence-electron chi connectivity index (χ1n) is 10.5. The van der Waals surface area contributed by atoms with Crippen molar-refractivity contribution in [1.29, 1.82) is 0 Å². The quantitative estimate of drug-likeness (QED) is 0.464. The van der Waals surface area contributed by atoms with Crippen LogP contribution in [0.3, 0.4) is 0 Å². The fourth-order valence-corrected chi connectivity index (χ4v) is 3.69. The number of carbonyl (C=O) groups is 1. The summed E-state index contributed by atoms with van der Waals surface area (Å²) in [7, 11) is 0. The zero-order valence-electron chi connectivity index (χ0n) is 18.0. The van der Waals surface area contributed by atoms with Gasteiger partial charge in [-0.05, 0) is 32.8 Å². The molecular weight excluding hydrogens is 443 g/mol. The van der Waals surface area contributed by atoms with Crippen LogP contribution >= 0.6 is 0 Å². The van der Waals surface area contributed by atoms with Gasteiger partial charge >= 0.3 is 6.09 Å². The molecular formula is C20H24F3N7O3. The number of hydrogen-bond donors (Lipinski definition) is 3. The molecule has 4 rings (SSSR count). The van der Waals surface area contributed by atoms with E-state index in [1.807, 2.05) is 0 Å². The summed E-state index contributed by atoms with van der Waals surface area (Å²) >= 11 is 0. The molecule has 0 aliphatic heterocycles. The smallest absolute Gasteiger partial charge is 0.407 e. The second-order valence-electron chi connectivity index (χ2n) is 7.98. The van der Waals surface area contributed by atoms with Gasteiger partial charge in [0.25, 0.3) is 6.43 Å². The number of rotatable bonds is 8. The molecule has 0 bridgehead atoms. The summed E-state index contributed by atoms with van der Waals surface area (Å²) < 4.78 is 51.4. The molecule has 178 valence electrons. The van der Waals surface area contributed by atoms with E-state index in [2.05, 4.69) is 30.8 Å². The van der Waals surface area contributed by atoms with Crippen molar-refractivity contribution in [2.45, 2.75) is 57.3 Å². The summed E-state index contributed by atoms with van der Waals surface area (Å²) in [6.45, 7) is 2.82. The monoisotopic (exact) mass is 467 g/mol. The van der Waals surface area contributed by atoms with Gasteiger partial charge < -0.3 is 20.1 Å². The average Bonchev–Trinajstić information content (AvgIpc) is 3.45. The molecule has 10 nitrogen and oxygen atoms in total. The minimum Gasteiger partial charge on any atom is -0.470 e. The number of nitrogens with one attached hydrogen (secondary N) is 3. The molecule has 13 heteroatoms. The maximum Gasteiger partial charge on any atom is 0.407 e. The van der Waals surface area contributed by atoms with Crippen LogP contribution in [0, 0.1) is 0 Å². The Morgan fingerprint density at radius 2 is 2.18 bits per heavy atom. The average molecular weight is 467 g/mol. The highest BCUT2D eigenvalue weighted by Crippen LogP contribution is 2.38. The SMILES string of the molecule is CC(C)NC(=O)O[C@H]1CC[C@@H](c2cc(Nc3nccc4nc(OCC(F)F)cn34)n[nH]2)[C@@H]1F. The van der Waals surface area contributed by atoms with Crippen LogP contribution in [0.1, 0.15) is 38.3 Å². The molecule has 1 fully saturated rings. The standard InChI is InChI=1S/C20H24F3N7O3/c1-10(2)25-20(31)33-13-4-3-11(18(13)23)12-7-15(29-28-12)26-19-24-6-5-16-27-17(8-30(16)19)32-9-14(21)22/h5-8,10-11,13-14,18H,3-4,9H2,1-2H3,(H,25,31)(H2,24,26,28,29)/t11-,13-,18-/m0/s1. The van der Waals surface area contributed by atoms with E-state index in [1.165, 1.54) is 16.8 Å². The largest absolute Gasteiger partial charge is 0.470 e. The van der Waals surface area contributed by atoms with Crippen LogP contribution < -0.4 is 15.4 Å². The number of fused-ring (bicyclic) bond motifs is 1. The lowest BCUT2D eigenvalue weighted by Crippen LogP contribution is -2.36. The highest BCUT2D eigenvalue weighted by molar-refractivity contribution is 5.67. The highest BCUT2D eigenvalue weighted by atomic mass is 19.3. The molecule has 0 spiro atoms. The Bertz CT molecular complexity index is 1100. The van der Waals surface area contributed by atoms with E-state index in [1.54, 1.807) is 26.0 Å². The van der Waals surface area contributed by atoms with Crippen molar-refractivity contribution in [3.8, 4) is 5.88 Å². The lowest BCUT2D eigenvalue weighted by atomic mass is 10.0. The Balaban J connectivity index is 1.43. The number of alkyl carbamates (subject to hydrolysis) is 1. The molecule has 1 aliphatic carbocycles. The molecule has 3 heterocycles. The summed E-state index contributed by atoms with van der Waals surface area (Å²) in [6.07, 6.45) is -1.65. The van der Waals surface area contributed by atoms with Gasteiger partial charge in [0.15, 0.2) is 12.4 Å². The predicted octanol–water partition coefficient (Wildman–Crippen LogP) is 3.56. The number of amides is 1. The van der Waals surface area contributed by atoms with Crippen molar-refractivity contribution >= 4 is 23.5 Å². The van der Waals surface area contributed by atoms with Crippen LogP contribution in [0.15, 0.2) is 24.5 Å². The molecule has 1 amide bonds. The molecule has 0 saturated heterocycles. The maximum atomic E-state index is 14.9. The van der Waals surface area contributed by atoms with Gasteiger partial charge in [-0.25, -0.2) is 22.9 Å². The predicted molar refractivity (Wildman–Crippen MR) is 112 cm³/mol. The third-order valence-electron chi connectivity index (χ3n) is 5.12. The first-order valence-corrected chi connectivity index (χ1v) is 10.5. The number of aromatic amines is 1. The number of halogens is 3. The fourth-order valence-electron chi connectivity index (χ4n) is 3.69. The number of nitrogens with zero attached hydrogens (tertiary/aromatic N) is 4. The van der Waals surface area contributed by atoms with Gasteiger partial charge in [-0.15, -0.1) is 0 Å². The van der Waals surface area contributed by atoms with Crippen LogP contribution in [-0.2, 0) is 4.74 Å². The Kier molecular flexibility index (Phi) is 6.56. The number of carbonyl (C=O) groups excluding carboxylic acids is 1. The van der Waals surface area contributed by atoms with Gasteiger partial charge in [-0.3, -0.25) is 9.50 Å². The summed E-state index contributed by atoms with van der Waals surface area (Å²) in [6, 6.07) is 3.15. The second kappa shape index (κ2) is 9.55. The van der Waals surface area contributed by atoms with E-state index < -0.39 is 37.3 Å². The topological polar surface area (TPSA) is 118 Å². The fraction of sp³-hybridized carbons (Fsp3) is 0.500. The molecule has 3 aromatic heterocycles. The van der Waals surface area contributed by atoms with Gasteiger partial charge in [-0.2, -0.15) is 10.1 Å². The third-order valence-corrected chi connectivity index (χ3v) is 5.12. The number of imidazole rings is 1. The third kappa shape index (κ3) is 5.29. The zero-order chi connectivity index (χ0) is 23.5. The van der Waals surface area contributed by atoms with Crippen molar-refractivity contribution in [3.05, 3.63) is 30.2 Å². The van der Waals surface area contributed by atoms with E-state index in [0.29, 0.717) is 35.9 Å². The van der Waals surface area contributed by atoms with Gasteiger partial charge in [0.2, 0.25) is 11.8 Å². The number of alkyl halides is 3. The Morgan fingerprint density at radius 3 is 2.94 bits per heavy atom.